The lowest BCUT2D eigenvalue weighted by molar-refractivity contribution is -0.131. The summed E-state index contributed by atoms with van der Waals surface area (Å²) in [6, 6.07) is 4.41. The van der Waals surface area contributed by atoms with Crippen molar-refractivity contribution >= 4 is 35.0 Å². The fraction of sp³-hybridized carbons (Fsp3) is 0.571. The number of carbonyl (C=O) groups is 3. The zero-order valence-electron chi connectivity index (χ0n) is 16.8. The second kappa shape index (κ2) is 8.52. The summed E-state index contributed by atoms with van der Waals surface area (Å²) in [6.07, 6.45) is 2.74. The Balaban J connectivity index is 1.88. The lowest BCUT2D eigenvalue weighted by Crippen LogP contribution is -2.48. The van der Waals surface area contributed by atoms with Gasteiger partial charge in [0, 0.05) is 38.1 Å². The van der Waals surface area contributed by atoms with Gasteiger partial charge >= 0.3 is 0 Å². The Morgan fingerprint density at radius 3 is 2.50 bits per heavy atom. The molecule has 1 aliphatic heterocycles. The highest BCUT2D eigenvalue weighted by atomic mass is 35.5. The maximum absolute atomic E-state index is 13.4. The van der Waals surface area contributed by atoms with E-state index in [0.29, 0.717) is 48.2 Å². The van der Waals surface area contributed by atoms with Crippen LogP contribution in [0.4, 0.5) is 5.69 Å². The van der Waals surface area contributed by atoms with Crippen LogP contribution in [-0.4, -0.2) is 60.2 Å². The van der Waals surface area contributed by atoms with Crippen LogP contribution < -0.4 is 4.90 Å². The largest absolute Gasteiger partial charge is 0.343 e. The van der Waals surface area contributed by atoms with Gasteiger partial charge in [-0.1, -0.05) is 11.6 Å². The third-order valence-electron chi connectivity index (χ3n) is 5.71. The molecule has 0 unspecified atom stereocenters. The van der Waals surface area contributed by atoms with E-state index in [1.165, 1.54) is 4.90 Å². The predicted molar refractivity (Wildman–Crippen MR) is 110 cm³/mol. The Bertz CT molecular complexity index is 774. The molecule has 0 radical (unpaired) electrons. The minimum absolute atomic E-state index is 0.0113. The highest BCUT2D eigenvalue weighted by molar-refractivity contribution is 6.31. The van der Waals surface area contributed by atoms with Gasteiger partial charge in [-0.3, -0.25) is 14.4 Å². The monoisotopic (exact) mass is 405 g/mol. The predicted octanol–water partition coefficient (Wildman–Crippen LogP) is 3.19. The molecule has 7 heteroatoms. The first-order valence-electron chi connectivity index (χ1n) is 10.0. The molecule has 1 saturated carbocycles. The summed E-state index contributed by atoms with van der Waals surface area (Å²) in [6.45, 7) is 5.74. The van der Waals surface area contributed by atoms with E-state index >= 15 is 0 Å². The van der Waals surface area contributed by atoms with Crippen LogP contribution >= 0.6 is 11.6 Å². The average molecular weight is 406 g/mol. The average Bonchev–Trinajstić information content (AvgIpc) is 3.50. The number of anilines is 1. The lowest BCUT2D eigenvalue weighted by atomic mass is 10.1. The van der Waals surface area contributed by atoms with Crippen LogP contribution in [0.15, 0.2) is 18.2 Å². The Morgan fingerprint density at radius 2 is 1.89 bits per heavy atom. The van der Waals surface area contributed by atoms with Crippen molar-refractivity contribution in [2.24, 2.45) is 5.92 Å². The van der Waals surface area contributed by atoms with Crippen LogP contribution in [0.1, 0.15) is 49.9 Å². The fourth-order valence-electron chi connectivity index (χ4n) is 3.76. The van der Waals surface area contributed by atoms with Gasteiger partial charge in [0.1, 0.15) is 6.04 Å². The molecule has 0 aromatic heterocycles. The van der Waals surface area contributed by atoms with E-state index in [4.69, 9.17) is 11.6 Å². The zero-order chi connectivity index (χ0) is 20.4. The van der Waals surface area contributed by atoms with Crippen LogP contribution in [0.2, 0.25) is 5.02 Å². The molecule has 1 heterocycles. The molecular weight excluding hydrogens is 378 g/mol. The summed E-state index contributed by atoms with van der Waals surface area (Å²) in [5, 5.41) is 0.498. The second-order valence-corrected chi connectivity index (χ2v) is 8.03. The molecule has 0 saturated heterocycles. The van der Waals surface area contributed by atoms with Crippen molar-refractivity contribution in [1.29, 1.82) is 0 Å². The topological polar surface area (TPSA) is 60.9 Å². The third-order valence-corrected chi connectivity index (χ3v) is 5.94. The highest BCUT2D eigenvalue weighted by Crippen LogP contribution is 2.36. The first-order valence-corrected chi connectivity index (χ1v) is 10.4. The summed E-state index contributed by atoms with van der Waals surface area (Å²) < 4.78 is 0. The van der Waals surface area contributed by atoms with Crippen LogP contribution in [0.3, 0.4) is 0 Å². The van der Waals surface area contributed by atoms with Gasteiger partial charge in [0.15, 0.2) is 0 Å². The van der Waals surface area contributed by atoms with Crippen molar-refractivity contribution < 1.29 is 14.4 Å². The first kappa shape index (κ1) is 20.6. The van der Waals surface area contributed by atoms with Gasteiger partial charge < -0.3 is 14.7 Å². The molecule has 0 spiro atoms. The zero-order valence-corrected chi connectivity index (χ0v) is 17.5. The lowest BCUT2D eigenvalue weighted by Gasteiger charge is -2.29. The first-order chi connectivity index (χ1) is 13.4. The number of fused-ring (bicyclic) bond motifs is 1. The Kier molecular flexibility index (Phi) is 6.28. The molecule has 3 rings (SSSR count). The molecule has 1 fully saturated rings. The molecular formula is C21H28ClN3O3. The van der Waals surface area contributed by atoms with Gasteiger partial charge in [-0.25, -0.2) is 0 Å². The van der Waals surface area contributed by atoms with Crippen molar-refractivity contribution in [3.63, 3.8) is 0 Å². The van der Waals surface area contributed by atoms with Crippen LogP contribution in [0.25, 0.3) is 0 Å². The molecule has 152 valence electrons. The number of hydrogen-bond acceptors (Lipinski definition) is 3. The maximum Gasteiger partial charge on any atom is 0.256 e. The van der Waals surface area contributed by atoms with Crippen molar-refractivity contribution in [3.05, 3.63) is 28.8 Å². The van der Waals surface area contributed by atoms with Crippen molar-refractivity contribution in [2.75, 3.05) is 31.6 Å². The van der Waals surface area contributed by atoms with E-state index in [2.05, 4.69) is 0 Å². The molecule has 6 nitrogen and oxygen atoms in total. The van der Waals surface area contributed by atoms with Gasteiger partial charge in [0.05, 0.1) is 11.3 Å². The van der Waals surface area contributed by atoms with Crippen LogP contribution in [0.5, 0.6) is 0 Å². The van der Waals surface area contributed by atoms with Gasteiger partial charge in [-0.05, 0) is 57.2 Å². The molecule has 1 atom stereocenters. The van der Waals surface area contributed by atoms with E-state index in [0.717, 1.165) is 12.8 Å². The minimum Gasteiger partial charge on any atom is -0.343 e. The number of nitrogens with zero attached hydrogens (tertiary/aromatic N) is 3. The van der Waals surface area contributed by atoms with Crippen molar-refractivity contribution in [2.45, 2.75) is 45.6 Å². The van der Waals surface area contributed by atoms with E-state index in [9.17, 15) is 14.4 Å². The normalized spacial score (nSPS) is 19.5. The summed E-state index contributed by atoms with van der Waals surface area (Å²) in [4.78, 5) is 43.9. The molecule has 0 bridgehead atoms. The van der Waals surface area contributed by atoms with Gasteiger partial charge in [-0.15, -0.1) is 0 Å². The SMILES string of the molecule is CCN(CC)C(=O)CC[C@@H]1C(=O)N(CC2CC2)c2cc(Cl)ccc2C(=O)N1C. The fourth-order valence-corrected chi connectivity index (χ4v) is 3.93. The Hall–Kier alpha value is -2.08. The number of likely N-dealkylation sites (N-methyl/N-ethyl adjacent to an activating group) is 1. The number of hydrogen-bond donors (Lipinski definition) is 0. The molecule has 1 aromatic carbocycles. The summed E-state index contributed by atoms with van der Waals surface area (Å²) in [7, 11) is 1.64. The Labute approximate surface area is 171 Å². The minimum atomic E-state index is -0.656. The summed E-state index contributed by atoms with van der Waals surface area (Å²) in [5.41, 5.74) is 1.07. The summed E-state index contributed by atoms with van der Waals surface area (Å²) in [5.74, 6) is 0.138. The molecule has 1 aromatic rings. The molecule has 0 N–H and O–H groups in total. The number of rotatable bonds is 7. The summed E-state index contributed by atoms with van der Waals surface area (Å²) >= 11 is 6.17. The standard InChI is InChI=1S/C21H28ClN3O3/c1-4-24(5-2)19(26)11-10-17-21(28)25(13-14-6-7-14)18-12-15(22)8-9-16(18)20(27)23(17)3/h8-9,12,14,17H,4-7,10-11,13H2,1-3H3/t17-/m1/s1. The van der Waals surface area contributed by atoms with E-state index < -0.39 is 6.04 Å². The molecule has 28 heavy (non-hydrogen) atoms. The maximum atomic E-state index is 13.4. The number of benzene rings is 1. The van der Waals surface area contributed by atoms with Gasteiger partial charge in [0.25, 0.3) is 5.91 Å². The molecule has 1 aliphatic carbocycles. The van der Waals surface area contributed by atoms with Crippen LogP contribution in [-0.2, 0) is 9.59 Å². The highest BCUT2D eigenvalue weighted by Gasteiger charge is 2.40. The third kappa shape index (κ3) is 4.17. The van der Waals surface area contributed by atoms with E-state index in [1.54, 1.807) is 35.0 Å². The Morgan fingerprint density at radius 1 is 1.21 bits per heavy atom. The van der Waals surface area contributed by atoms with E-state index in [1.807, 2.05) is 13.8 Å². The smallest absolute Gasteiger partial charge is 0.256 e. The number of carbonyl (C=O) groups excluding carboxylic acids is 3. The van der Waals surface area contributed by atoms with Gasteiger partial charge in [-0.2, -0.15) is 0 Å². The van der Waals surface area contributed by atoms with Crippen LogP contribution in [0, 0.1) is 5.92 Å². The van der Waals surface area contributed by atoms with Crippen molar-refractivity contribution in [1.82, 2.24) is 9.80 Å². The van der Waals surface area contributed by atoms with Gasteiger partial charge in [0.2, 0.25) is 11.8 Å². The quantitative estimate of drug-likeness (QED) is 0.699. The number of amides is 3. The number of halogens is 1. The second-order valence-electron chi connectivity index (χ2n) is 7.59. The van der Waals surface area contributed by atoms with Crippen molar-refractivity contribution in [3.8, 4) is 0 Å². The molecule has 2 aliphatic rings. The van der Waals surface area contributed by atoms with E-state index in [-0.39, 0.29) is 24.1 Å². The molecule has 3 amide bonds.